The number of hydrogen-bond acceptors (Lipinski definition) is 1. The van der Waals surface area contributed by atoms with Gasteiger partial charge in [0, 0.05) is 0 Å². The Kier molecular flexibility index (Phi) is 22.2. The summed E-state index contributed by atoms with van der Waals surface area (Å²) in [5.41, 5.74) is 0. The molecule has 0 bridgehead atoms. The Morgan fingerprint density at radius 3 is 0.963 bits per heavy atom. The van der Waals surface area contributed by atoms with E-state index < -0.39 is 7.49 Å². The molecule has 166 valence electrons. The number of hydrogen-bond donors (Lipinski definition) is 0. The van der Waals surface area contributed by atoms with E-state index in [1.165, 1.54) is 134 Å². The second-order valence-electron chi connectivity index (χ2n) is 8.85. The Morgan fingerprint density at radius 1 is 0.444 bits per heavy atom. The third-order valence-corrected chi connectivity index (χ3v) is 12.0. The molecule has 1 atom stereocenters. The fourth-order valence-electron chi connectivity index (χ4n) is 4.23. The van der Waals surface area contributed by atoms with Crippen molar-refractivity contribution < 1.29 is 4.31 Å². The molecule has 0 aliphatic heterocycles. The van der Waals surface area contributed by atoms with Gasteiger partial charge in [0.1, 0.15) is 0 Å². The van der Waals surface area contributed by atoms with Crippen LogP contribution >= 0.6 is 17.0 Å². The van der Waals surface area contributed by atoms with Crippen LogP contribution in [-0.2, 0) is 4.31 Å². The SMILES string of the molecule is CCCCCCCC[PH](CCCCCCCC)(CCCCCCCC)OP. The first-order valence-electron chi connectivity index (χ1n) is 12.6. The topological polar surface area (TPSA) is 9.23 Å². The molecule has 0 aliphatic carbocycles. The first-order chi connectivity index (χ1) is 13.2. The predicted octanol–water partition coefficient (Wildman–Crippen LogP) is 9.54. The molecule has 0 saturated carbocycles. The minimum atomic E-state index is -1.51. The van der Waals surface area contributed by atoms with Crippen molar-refractivity contribution in [2.45, 2.75) is 136 Å². The molecule has 0 spiro atoms. The molecule has 1 nitrogen and oxygen atoms in total. The van der Waals surface area contributed by atoms with Crippen LogP contribution in [0.3, 0.4) is 0 Å². The van der Waals surface area contributed by atoms with Crippen molar-refractivity contribution in [2.75, 3.05) is 18.5 Å². The normalized spacial score (nSPS) is 12.6. The van der Waals surface area contributed by atoms with Crippen LogP contribution in [0.4, 0.5) is 0 Å². The zero-order valence-electron chi connectivity index (χ0n) is 19.3. The van der Waals surface area contributed by atoms with E-state index in [-0.39, 0.29) is 0 Å². The van der Waals surface area contributed by atoms with Crippen LogP contribution in [0.2, 0.25) is 0 Å². The Balaban J connectivity index is 4.23. The van der Waals surface area contributed by atoms with E-state index in [4.69, 9.17) is 4.31 Å². The summed E-state index contributed by atoms with van der Waals surface area (Å²) in [6.07, 6.45) is 29.6. The van der Waals surface area contributed by atoms with E-state index in [9.17, 15) is 0 Å². The van der Waals surface area contributed by atoms with Crippen LogP contribution in [0, 0.1) is 0 Å². The summed E-state index contributed by atoms with van der Waals surface area (Å²) < 4.78 is 6.28. The van der Waals surface area contributed by atoms with Crippen LogP contribution in [0.15, 0.2) is 0 Å². The molecule has 0 radical (unpaired) electrons. The molecule has 0 aromatic rings. The van der Waals surface area contributed by atoms with Crippen LogP contribution in [-0.4, -0.2) is 18.5 Å². The van der Waals surface area contributed by atoms with E-state index >= 15 is 0 Å². The van der Waals surface area contributed by atoms with Gasteiger partial charge in [-0.05, 0) is 0 Å². The molecule has 1 unspecified atom stereocenters. The maximum absolute atomic E-state index is 6.28. The standard InChI is InChI=1S/C24H54OP2/c1-4-7-10-13-16-19-22-27(25-26,23-20-17-14-11-8-5-2)24-21-18-15-12-9-6-3/h27H,4-24,26H2,1-3H3. The van der Waals surface area contributed by atoms with Gasteiger partial charge in [0.05, 0.1) is 0 Å². The molecule has 0 aliphatic rings. The van der Waals surface area contributed by atoms with Gasteiger partial charge in [0.15, 0.2) is 0 Å². The molecule has 27 heavy (non-hydrogen) atoms. The van der Waals surface area contributed by atoms with Gasteiger partial charge >= 0.3 is 176 Å². The quantitative estimate of drug-likeness (QED) is 0.125. The second-order valence-corrected chi connectivity index (χ2v) is 13.7. The van der Waals surface area contributed by atoms with Crippen molar-refractivity contribution in [3.8, 4) is 0 Å². The van der Waals surface area contributed by atoms with E-state index in [0.29, 0.717) is 0 Å². The van der Waals surface area contributed by atoms with E-state index in [1.807, 2.05) is 0 Å². The van der Waals surface area contributed by atoms with Gasteiger partial charge in [0.2, 0.25) is 0 Å². The molecule has 0 aromatic heterocycles. The Hall–Kier alpha value is 0.820. The molecule has 0 heterocycles. The van der Waals surface area contributed by atoms with Gasteiger partial charge in [-0.1, -0.05) is 0 Å². The van der Waals surface area contributed by atoms with Crippen LogP contribution in [0.1, 0.15) is 136 Å². The zero-order valence-corrected chi connectivity index (χ0v) is 21.5. The van der Waals surface area contributed by atoms with Crippen molar-refractivity contribution in [1.82, 2.24) is 0 Å². The summed E-state index contributed by atoms with van der Waals surface area (Å²) in [5.74, 6) is 0. The third kappa shape index (κ3) is 17.4. The van der Waals surface area contributed by atoms with Gasteiger partial charge in [-0.2, -0.15) is 0 Å². The van der Waals surface area contributed by atoms with Crippen molar-refractivity contribution in [3.05, 3.63) is 0 Å². The molecule has 0 saturated heterocycles. The van der Waals surface area contributed by atoms with E-state index in [1.54, 1.807) is 0 Å². The van der Waals surface area contributed by atoms with Crippen molar-refractivity contribution in [2.24, 2.45) is 0 Å². The predicted molar refractivity (Wildman–Crippen MR) is 134 cm³/mol. The van der Waals surface area contributed by atoms with Crippen molar-refractivity contribution in [1.29, 1.82) is 0 Å². The second kappa shape index (κ2) is 21.5. The third-order valence-electron chi connectivity index (χ3n) is 6.21. The Morgan fingerprint density at radius 2 is 0.704 bits per heavy atom. The summed E-state index contributed by atoms with van der Waals surface area (Å²) in [7, 11) is 1.19. The van der Waals surface area contributed by atoms with Gasteiger partial charge < -0.3 is 0 Å². The fraction of sp³-hybridized carbons (Fsp3) is 1.00. The summed E-state index contributed by atoms with van der Waals surface area (Å²) in [5, 5.41) is 0. The Labute approximate surface area is 176 Å². The van der Waals surface area contributed by atoms with Crippen LogP contribution < -0.4 is 0 Å². The maximum atomic E-state index is 6.28. The van der Waals surface area contributed by atoms with Crippen molar-refractivity contribution >= 4 is 17.0 Å². The monoisotopic (exact) mass is 420 g/mol. The van der Waals surface area contributed by atoms with Crippen molar-refractivity contribution in [3.63, 3.8) is 0 Å². The average Bonchev–Trinajstić information content (AvgIpc) is 2.69. The van der Waals surface area contributed by atoms with Gasteiger partial charge in [-0.25, -0.2) is 0 Å². The Bertz CT molecular complexity index is 243. The average molecular weight is 421 g/mol. The molecule has 0 rings (SSSR count). The number of rotatable bonds is 22. The molecule has 0 N–H and O–H groups in total. The molecule has 0 aromatic carbocycles. The zero-order chi connectivity index (χ0) is 20.1. The number of unbranched alkanes of at least 4 members (excludes halogenated alkanes) is 15. The minimum absolute atomic E-state index is 1.35. The fourth-order valence-corrected chi connectivity index (χ4v) is 9.08. The summed E-state index contributed by atoms with van der Waals surface area (Å²) in [6, 6.07) is 0. The molecule has 3 heteroatoms. The van der Waals surface area contributed by atoms with Crippen LogP contribution in [0.5, 0.6) is 0 Å². The van der Waals surface area contributed by atoms with Gasteiger partial charge in [0.25, 0.3) is 0 Å². The van der Waals surface area contributed by atoms with E-state index in [2.05, 4.69) is 30.2 Å². The summed E-state index contributed by atoms with van der Waals surface area (Å²) in [4.78, 5) is 0. The molecular formula is C24H54OP2. The molecule has 0 fully saturated rings. The summed E-state index contributed by atoms with van der Waals surface area (Å²) in [6.45, 7) is 6.92. The van der Waals surface area contributed by atoms with E-state index in [0.717, 1.165) is 0 Å². The first kappa shape index (κ1) is 27.8. The van der Waals surface area contributed by atoms with Gasteiger partial charge in [-0.3, -0.25) is 0 Å². The van der Waals surface area contributed by atoms with Crippen LogP contribution in [0.25, 0.3) is 0 Å². The summed E-state index contributed by atoms with van der Waals surface area (Å²) >= 11 is 0. The molecular weight excluding hydrogens is 366 g/mol. The first-order valence-corrected chi connectivity index (χ1v) is 15.6. The van der Waals surface area contributed by atoms with Gasteiger partial charge in [-0.15, -0.1) is 0 Å². The molecule has 0 amide bonds.